The fraction of sp³-hybridized carbons (Fsp3) is 0.636. The molecule has 1 atom stereocenters. The maximum atomic E-state index is 8.81. The molecule has 0 saturated heterocycles. The Hall–Kier alpha value is -1.36. The summed E-state index contributed by atoms with van der Waals surface area (Å²) in [5.41, 5.74) is 5.70. The van der Waals surface area contributed by atoms with Crippen LogP contribution in [0.4, 0.5) is 11.6 Å². The maximum Gasteiger partial charge on any atom is 0.133 e. The van der Waals surface area contributed by atoms with Crippen molar-refractivity contribution in [3.8, 4) is 0 Å². The van der Waals surface area contributed by atoms with E-state index in [4.69, 9.17) is 10.8 Å². The number of hydrogen-bond acceptors (Lipinski definition) is 5. The number of nitrogens with two attached hydrogens (primary N) is 1. The Morgan fingerprint density at radius 1 is 1.50 bits per heavy atom. The Bertz CT molecular complexity index is 330. The highest BCUT2D eigenvalue weighted by Crippen LogP contribution is 2.11. The topological polar surface area (TPSA) is 84.1 Å². The van der Waals surface area contributed by atoms with Crippen LogP contribution >= 0.6 is 0 Å². The molecule has 0 spiro atoms. The van der Waals surface area contributed by atoms with E-state index in [1.165, 1.54) is 0 Å². The quantitative estimate of drug-likeness (QED) is 0.676. The zero-order valence-electron chi connectivity index (χ0n) is 9.90. The van der Waals surface area contributed by atoms with E-state index in [2.05, 4.69) is 22.2 Å². The van der Waals surface area contributed by atoms with Gasteiger partial charge in [-0.25, -0.2) is 9.97 Å². The van der Waals surface area contributed by atoms with Crippen LogP contribution in [0.5, 0.6) is 0 Å². The van der Waals surface area contributed by atoms with Gasteiger partial charge in [-0.3, -0.25) is 0 Å². The van der Waals surface area contributed by atoms with Crippen LogP contribution in [0, 0.1) is 0 Å². The third-order valence-corrected chi connectivity index (χ3v) is 2.22. The van der Waals surface area contributed by atoms with Gasteiger partial charge in [-0.1, -0.05) is 6.92 Å². The van der Waals surface area contributed by atoms with E-state index in [0.29, 0.717) is 12.2 Å². The van der Waals surface area contributed by atoms with Crippen molar-refractivity contribution in [3.63, 3.8) is 0 Å². The number of aryl methyl sites for hydroxylation is 1. The number of aliphatic hydroxyl groups is 1. The van der Waals surface area contributed by atoms with E-state index < -0.39 is 0 Å². The lowest BCUT2D eigenvalue weighted by Crippen LogP contribution is -2.18. The minimum Gasteiger partial charge on any atom is -0.396 e. The van der Waals surface area contributed by atoms with Crippen LogP contribution < -0.4 is 11.1 Å². The number of rotatable bonds is 6. The summed E-state index contributed by atoms with van der Waals surface area (Å²) in [6.45, 7) is 4.23. The Balaban J connectivity index is 2.71. The molecular formula is C11H20N4O. The van der Waals surface area contributed by atoms with Crippen LogP contribution in [0.25, 0.3) is 0 Å². The molecule has 1 aromatic rings. The second-order valence-electron chi connectivity index (χ2n) is 3.90. The van der Waals surface area contributed by atoms with Crippen LogP contribution in [-0.4, -0.2) is 27.7 Å². The van der Waals surface area contributed by atoms with Crippen molar-refractivity contribution in [2.24, 2.45) is 0 Å². The zero-order chi connectivity index (χ0) is 12.0. The van der Waals surface area contributed by atoms with E-state index in [-0.39, 0.29) is 12.6 Å². The molecule has 0 amide bonds. The van der Waals surface area contributed by atoms with Gasteiger partial charge in [0.2, 0.25) is 0 Å². The predicted octanol–water partition coefficient (Wildman–Crippen LogP) is 1.19. The maximum absolute atomic E-state index is 8.81. The van der Waals surface area contributed by atoms with Crippen LogP contribution in [0.3, 0.4) is 0 Å². The summed E-state index contributed by atoms with van der Waals surface area (Å²) in [6, 6.07) is 1.89. The summed E-state index contributed by atoms with van der Waals surface area (Å²) in [7, 11) is 0. The predicted molar refractivity (Wildman–Crippen MR) is 65.2 cm³/mol. The normalized spacial score (nSPS) is 12.4. The van der Waals surface area contributed by atoms with Crippen LogP contribution in [0.15, 0.2) is 6.07 Å². The molecule has 90 valence electrons. The molecule has 4 N–H and O–H groups in total. The van der Waals surface area contributed by atoms with Crippen molar-refractivity contribution < 1.29 is 5.11 Å². The molecule has 5 nitrogen and oxygen atoms in total. The van der Waals surface area contributed by atoms with E-state index in [1.54, 1.807) is 6.07 Å². The summed E-state index contributed by atoms with van der Waals surface area (Å²) in [5, 5.41) is 12.0. The van der Waals surface area contributed by atoms with E-state index in [1.807, 2.05) is 6.92 Å². The molecular weight excluding hydrogens is 204 g/mol. The van der Waals surface area contributed by atoms with Gasteiger partial charge in [-0.15, -0.1) is 0 Å². The molecule has 5 heteroatoms. The van der Waals surface area contributed by atoms with Crippen molar-refractivity contribution in [2.75, 3.05) is 17.7 Å². The number of nitrogen functional groups attached to an aromatic ring is 1. The molecule has 1 unspecified atom stereocenters. The zero-order valence-corrected chi connectivity index (χ0v) is 9.90. The number of aliphatic hydroxyl groups excluding tert-OH is 1. The molecule has 0 aliphatic rings. The molecule has 1 aromatic heterocycles. The van der Waals surface area contributed by atoms with Gasteiger partial charge in [0.05, 0.1) is 0 Å². The first-order valence-electron chi connectivity index (χ1n) is 5.66. The molecule has 1 heterocycles. The summed E-state index contributed by atoms with van der Waals surface area (Å²) in [5.74, 6) is 1.98. The molecule has 0 aliphatic carbocycles. The third-order valence-electron chi connectivity index (χ3n) is 2.22. The van der Waals surface area contributed by atoms with Gasteiger partial charge in [-0.2, -0.15) is 0 Å². The summed E-state index contributed by atoms with van der Waals surface area (Å²) < 4.78 is 0. The SMILES string of the molecule is CCCc1nc(N)cc(NC(C)CCO)n1. The van der Waals surface area contributed by atoms with Crippen LogP contribution in [0.2, 0.25) is 0 Å². The monoisotopic (exact) mass is 224 g/mol. The number of hydrogen-bond donors (Lipinski definition) is 3. The lowest BCUT2D eigenvalue weighted by atomic mass is 10.2. The molecule has 0 aliphatic heterocycles. The summed E-state index contributed by atoms with van der Waals surface area (Å²) >= 11 is 0. The smallest absolute Gasteiger partial charge is 0.133 e. The molecule has 0 radical (unpaired) electrons. The second kappa shape index (κ2) is 6.27. The minimum absolute atomic E-state index is 0.163. The molecule has 16 heavy (non-hydrogen) atoms. The van der Waals surface area contributed by atoms with Gasteiger partial charge in [0, 0.05) is 25.1 Å². The van der Waals surface area contributed by atoms with Crippen molar-refractivity contribution in [1.82, 2.24) is 9.97 Å². The van der Waals surface area contributed by atoms with Crippen LogP contribution in [0.1, 0.15) is 32.5 Å². The van der Waals surface area contributed by atoms with Gasteiger partial charge >= 0.3 is 0 Å². The Kier molecular flexibility index (Phi) is 4.98. The van der Waals surface area contributed by atoms with E-state index in [9.17, 15) is 0 Å². The largest absolute Gasteiger partial charge is 0.396 e. The van der Waals surface area contributed by atoms with Crippen molar-refractivity contribution >= 4 is 11.6 Å². The summed E-state index contributed by atoms with van der Waals surface area (Å²) in [4.78, 5) is 8.52. The highest BCUT2D eigenvalue weighted by molar-refractivity contribution is 5.45. The highest BCUT2D eigenvalue weighted by atomic mass is 16.3. The van der Waals surface area contributed by atoms with Gasteiger partial charge < -0.3 is 16.2 Å². The molecule has 0 aromatic carbocycles. The number of aromatic nitrogens is 2. The first kappa shape index (κ1) is 12.7. The van der Waals surface area contributed by atoms with Crippen molar-refractivity contribution in [2.45, 2.75) is 39.2 Å². The molecule has 0 bridgehead atoms. The second-order valence-corrected chi connectivity index (χ2v) is 3.90. The average molecular weight is 224 g/mol. The Morgan fingerprint density at radius 2 is 2.25 bits per heavy atom. The standard InChI is InChI=1S/C11H20N4O/c1-3-4-10-14-9(12)7-11(15-10)13-8(2)5-6-16/h7-8,16H,3-6H2,1-2H3,(H3,12,13,14,15). The lowest BCUT2D eigenvalue weighted by Gasteiger charge is -2.14. The first-order chi connectivity index (χ1) is 7.65. The average Bonchev–Trinajstić information content (AvgIpc) is 2.17. The third kappa shape index (κ3) is 4.02. The Morgan fingerprint density at radius 3 is 2.88 bits per heavy atom. The number of nitrogens with one attached hydrogen (secondary N) is 1. The molecule has 0 saturated carbocycles. The van der Waals surface area contributed by atoms with Gasteiger partial charge in [0.15, 0.2) is 0 Å². The van der Waals surface area contributed by atoms with Gasteiger partial charge in [0.1, 0.15) is 17.5 Å². The van der Waals surface area contributed by atoms with Crippen molar-refractivity contribution in [1.29, 1.82) is 0 Å². The minimum atomic E-state index is 0.163. The van der Waals surface area contributed by atoms with Gasteiger partial charge in [-0.05, 0) is 19.8 Å². The molecule has 1 rings (SSSR count). The van der Waals surface area contributed by atoms with Crippen molar-refractivity contribution in [3.05, 3.63) is 11.9 Å². The highest BCUT2D eigenvalue weighted by Gasteiger charge is 2.05. The first-order valence-corrected chi connectivity index (χ1v) is 5.66. The lowest BCUT2D eigenvalue weighted by molar-refractivity contribution is 0.282. The molecule has 0 fully saturated rings. The van der Waals surface area contributed by atoms with E-state index >= 15 is 0 Å². The fourth-order valence-corrected chi connectivity index (χ4v) is 1.45. The number of anilines is 2. The van der Waals surface area contributed by atoms with E-state index in [0.717, 1.165) is 24.5 Å². The fourth-order valence-electron chi connectivity index (χ4n) is 1.45. The number of nitrogens with zero attached hydrogens (tertiary/aromatic N) is 2. The van der Waals surface area contributed by atoms with Gasteiger partial charge in [0.25, 0.3) is 0 Å². The van der Waals surface area contributed by atoms with Crippen LogP contribution in [-0.2, 0) is 6.42 Å². The summed E-state index contributed by atoms with van der Waals surface area (Å²) in [6.07, 6.45) is 2.51. The Labute approximate surface area is 96.1 Å².